The van der Waals surface area contributed by atoms with Crippen LogP contribution in [0.15, 0.2) is 206 Å². The topological polar surface area (TPSA) is 43.6 Å². The summed E-state index contributed by atoms with van der Waals surface area (Å²) >= 11 is 0. The van der Waals surface area contributed by atoms with Gasteiger partial charge in [-0.2, -0.15) is 0 Å². The Bertz CT molecular complexity index is 3800. The van der Waals surface area contributed by atoms with Crippen LogP contribution in [0.4, 0.5) is 0 Å². The molecule has 0 aliphatic rings. The smallest absolute Gasteiger partial charge is 0.164 e. The third-order valence-electron chi connectivity index (χ3n) is 10.4. The van der Waals surface area contributed by atoms with Gasteiger partial charge in [0.2, 0.25) is 0 Å². The summed E-state index contributed by atoms with van der Waals surface area (Å²) in [5.74, 6) is 1.32. The Morgan fingerprint density at radius 2 is 1.00 bits per heavy atom. The number of aromatic nitrogens is 4. The molecule has 0 saturated heterocycles. The highest BCUT2D eigenvalue weighted by molar-refractivity contribution is 6.10. The quantitative estimate of drug-likeness (QED) is 0.171. The van der Waals surface area contributed by atoms with Crippen molar-refractivity contribution in [2.45, 2.75) is 0 Å². The van der Waals surface area contributed by atoms with Crippen molar-refractivity contribution < 1.29 is 12.3 Å². The van der Waals surface area contributed by atoms with Gasteiger partial charge in [0, 0.05) is 33.2 Å². The minimum absolute atomic E-state index is 0.0115. The predicted octanol–water partition coefficient (Wildman–Crippen LogP) is 13.6. The van der Waals surface area contributed by atoms with Gasteiger partial charge in [-0.15, -0.1) is 0 Å². The van der Waals surface area contributed by atoms with Crippen LogP contribution in [0.3, 0.4) is 0 Å². The number of hydrogen-bond donors (Lipinski definition) is 0. The first-order chi connectivity index (χ1) is 32.0. The van der Waals surface area contributed by atoms with Gasteiger partial charge < -0.3 is 4.57 Å². The number of rotatable bonds is 6. The molecule has 0 amide bonds. The Hall–Kier alpha value is -7.69. The molecule has 0 N–H and O–H groups in total. The van der Waals surface area contributed by atoms with Crippen molar-refractivity contribution in [2.75, 3.05) is 0 Å². The van der Waals surface area contributed by atoms with Crippen LogP contribution in [0.2, 0.25) is 0 Å². The Labute approximate surface area is 342 Å². The number of benzene rings is 9. The molecule has 11 aromatic rings. The van der Waals surface area contributed by atoms with E-state index in [0.717, 1.165) is 38.4 Å². The molecule has 0 spiro atoms. The van der Waals surface area contributed by atoms with Crippen LogP contribution >= 0.6 is 0 Å². The Kier molecular flexibility index (Phi) is 5.87. The first-order valence-corrected chi connectivity index (χ1v) is 18.5. The molecule has 57 heavy (non-hydrogen) atoms. The summed E-state index contributed by atoms with van der Waals surface area (Å²) in [5.41, 5.74) is 5.96. The van der Waals surface area contributed by atoms with Crippen LogP contribution in [-0.2, 0) is 0 Å². The highest BCUT2D eigenvalue weighted by atomic mass is 15.0. The van der Waals surface area contributed by atoms with Gasteiger partial charge in [0.15, 0.2) is 17.5 Å². The van der Waals surface area contributed by atoms with Crippen molar-refractivity contribution in [1.29, 1.82) is 0 Å². The molecular weight excluding hydrogens is 693 g/mol. The molecule has 4 heteroatoms. The molecule has 0 atom stereocenters. The zero-order valence-electron chi connectivity index (χ0n) is 39.2. The number of para-hydroxylation sites is 1. The molecule has 4 nitrogen and oxygen atoms in total. The fourth-order valence-corrected chi connectivity index (χ4v) is 7.68. The standard InChI is InChI=1S/C53H34N4/c1-2-12-35(13-3-1)42-30-31-50-48(34-42)46-21-8-9-23-49(46)57(50)44-19-10-18-43(33-44)52-54-51(55-53(56-52)47-22-11-17-38-15-6-7-20-45(38)47)39-27-24-37(25-28-39)41-29-26-36-14-4-5-16-40(36)32-41/h1-34H/i1D,2D,3D,8D,9D,12D,13D,21D,23D. The summed E-state index contributed by atoms with van der Waals surface area (Å²) in [6.07, 6.45) is 0. The van der Waals surface area contributed by atoms with E-state index in [1.165, 1.54) is 5.39 Å². The van der Waals surface area contributed by atoms with Gasteiger partial charge >= 0.3 is 0 Å². The molecule has 0 aliphatic heterocycles. The van der Waals surface area contributed by atoms with E-state index in [2.05, 4.69) is 42.5 Å². The summed E-state index contributed by atoms with van der Waals surface area (Å²) in [5, 5.41) is 4.98. The summed E-state index contributed by atoms with van der Waals surface area (Å²) in [6, 6.07) is 45.8. The van der Waals surface area contributed by atoms with Crippen molar-refractivity contribution in [2.24, 2.45) is 0 Å². The fraction of sp³-hybridized carbons (Fsp3) is 0. The first-order valence-electron chi connectivity index (χ1n) is 23.0. The lowest BCUT2D eigenvalue weighted by Gasteiger charge is -2.13. The number of hydrogen-bond acceptors (Lipinski definition) is 3. The zero-order valence-corrected chi connectivity index (χ0v) is 30.2. The second-order valence-electron chi connectivity index (χ2n) is 13.8. The minimum Gasteiger partial charge on any atom is -0.309 e. The third kappa shape index (κ3) is 5.83. The maximum atomic E-state index is 9.18. The molecule has 2 aromatic heterocycles. The van der Waals surface area contributed by atoms with Crippen LogP contribution in [0.5, 0.6) is 0 Å². The maximum Gasteiger partial charge on any atom is 0.164 e. The van der Waals surface area contributed by atoms with Gasteiger partial charge in [-0.3, -0.25) is 0 Å². The van der Waals surface area contributed by atoms with E-state index < -0.39 is 30.2 Å². The van der Waals surface area contributed by atoms with Gasteiger partial charge in [-0.05, 0) is 80.2 Å². The van der Waals surface area contributed by atoms with E-state index in [4.69, 9.17) is 25.9 Å². The van der Waals surface area contributed by atoms with E-state index in [1.807, 2.05) is 91.0 Å². The Balaban J connectivity index is 1.10. The van der Waals surface area contributed by atoms with Gasteiger partial charge in [0.05, 0.1) is 23.4 Å². The minimum atomic E-state index is -0.509. The summed E-state index contributed by atoms with van der Waals surface area (Å²) in [4.78, 5) is 15.2. The van der Waals surface area contributed by atoms with E-state index >= 15 is 0 Å². The molecule has 2 heterocycles. The fourth-order valence-electron chi connectivity index (χ4n) is 7.68. The molecule has 0 bridgehead atoms. The highest BCUT2D eigenvalue weighted by Crippen LogP contribution is 2.37. The average molecular weight is 736 g/mol. The van der Waals surface area contributed by atoms with E-state index in [-0.39, 0.29) is 40.6 Å². The molecule has 0 saturated carbocycles. The van der Waals surface area contributed by atoms with Gasteiger partial charge in [0.25, 0.3) is 0 Å². The summed E-state index contributed by atoms with van der Waals surface area (Å²) in [7, 11) is 0. The van der Waals surface area contributed by atoms with E-state index in [0.29, 0.717) is 45.2 Å². The van der Waals surface area contributed by atoms with Crippen molar-refractivity contribution >= 4 is 43.4 Å². The van der Waals surface area contributed by atoms with Crippen LogP contribution in [-0.4, -0.2) is 19.5 Å². The largest absolute Gasteiger partial charge is 0.309 e. The molecule has 9 aromatic carbocycles. The zero-order chi connectivity index (χ0) is 45.5. The average Bonchev–Trinajstić information content (AvgIpc) is 3.70. The van der Waals surface area contributed by atoms with Crippen LogP contribution in [0, 0.1) is 0 Å². The monoisotopic (exact) mass is 735 g/mol. The van der Waals surface area contributed by atoms with Crippen molar-refractivity contribution in [1.82, 2.24) is 19.5 Å². The lowest BCUT2D eigenvalue weighted by atomic mass is 10.00. The molecule has 266 valence electrons. The van der Waals surface area contributed by atoms with Crippen molar-refractivity contribution in [3.63, 3.8) is 0 Å². The van der Waals surface area contributed by atoms with Gasteiger partial charge in [-0.1, -0.05) is 170 Å². The molecular formula is C53H34N4. The first kappa shape index (κ1) is 24.7. The van der Waals surface area contributed by atoms with Crippen LogP contribution < -0.4 is 0 Å². The summed E-state index contributed by atoms with van der Waals surface area (Å²) < 4.78 is 79.4. The lowest BCUT2D eigenvalue weighted by molar-refractivity contribution is 1.07. The molecule has 0 aliphatic carbocycles. The van der Waals surface area contributed by atoms with E-state index in [1.54, 1.807) is 22.8 Å². The van der Waals surface area contributed by atoms with Crippen LogP contribution in [0.1, 0.15) is 12.3 Å². The van der Waals surface area contributed by atoms with Crippen molar-refractivity contribution in [3.8, 4) is 62.1 Å². The Morgan fingerprint density at radius 3 is 1.88 bits per heavy atom. The normalized spacial score (nSPS) is 13.7. The van der Waals surface area contributed by atoms with Crippen LogP contribution in [0.25, 0.3) is 105 Å². The highest BCUT2D eigenvalue weighted by Gasteiger charge is 2.17. The van der Waals surface area contributed by atoms with E-state index in [9.17, 15) is 1.37 Å². The summed E-state index contributed by atoms with van der Waals surface area (Å²) in [6.45, 7) is 0. The van der Waals surface area contributed by atoms with Gasteiger partial charge in [0.1, 0.15) is 0 Å². The maximum absolute atomic E-state index is 9.18. The number of fused-ring (bicyclic) bond motifs is 5. The molecule has 0 fully saturated rings. The van der Waals surface area contributed by atoms with Gasteiger partial charge in [-0.25, -0.2) is 15.0 Å². The third-order valence-corrected chi connectivity index (χ3v) is 10.4. The predicted molar refractivity (Wildman–Crippen MR) is 236 cm³/mol. The molecule has 11 rings (SSSR count). The SMILES string of the molecule is [2H]c1c([2H])c([2H])c(-c2ccc3c(c2)c2c([2H])c([2H])c([2H])c([2H])c2n3-c2cccc(-c3nc(-c4ccc(-c5ccc6ccccc6c5)cc4)nc(-c4cccc5ccccc45)n3)c2)c([2H])c1[2H]. The molecule has 0 unspecified atom stereocenters. The Morgan fingerprint density at radius 1 is 0.351 bits per heavy atom. The lowest BCUT2D eigenvalue weighted by Crippen LogP contribution is -2.01. The second-order valence-corrected chi connectivity index (χ2v) is 13.8. The number of nitrogens with zero attached hydrogens (tertiary/aromatic N) is 4. The second kappa shape index (κ2) is 13.6. The van der Waals surface area contributed by atoms with Crippen molar-refractivity contribution in [3.05, 3.63) is 206 Å². The molecule has 0 radical (unpaired) electrons.